The number of benzene rings is 2. The molecule has 1 fully saturated rings. The fourth-order valence-electron chi connectivity index (χ4n) is 4.96. The van der Waals surface area contributed by atoms with Crippen molar-refractivity contribution < 1.29 is 14.3 Å². The van der Waals surface area contributed by atoms with Gasteiger partial charge >= 0.3 is 0 Å². The minimum absolute atomic E-state index is 0.00213. The highest BCUT2D eigenvalue weighted by molar-refractivity contribution is 8.00. The number of ketones is 1. The number of para-hydroxylation sites is 2. The van der Waals surface area contributed by atoms with Crippen LogP contribution in [0.15, 0.2) is 82.1 Å². The molecule has 2 aliphatic heterocycles. The molecular weight excluding hydrogens is 518 g/mol. The number of H-pyrrole nitrogens is 1. The Morgan fingerprint density at radius 2 is 1.92 bits per heavy atom. The number of thiophene rings is 1. The fraction of sp³-hybridized carbons (Fsp3) is 0.241. The van der Waals surface area contributed by atoms with Crippen molar-refractivity contribution in [1.29, 1.82) is 0 Å². The Bertz CT molecular complexity index is 1630. The highest BCUT2D eigenvalue weighted by Crippen LogP contribution is 2.45. The molecule has 2 aromatic heterocycles. The van der Waals surface area contributed by atoms with E-state index in [0.717, 1.165) is 21.9 Å². The summed E-state index contributed by atoms with van der Waals surface area (Å²) in [5, 5.41) is 2.50. The third-order valence-corrected chi connectivity index (χ3v) is 9.28. The van der Waals surface area contributed by atoms with Crippen LogP contribution in [0.1, 0.15) is 18.2 Å². The number of rotatable bonds is 8. The van der Waals surface area contributed by atoms with Crippen molar-refractivity contribution in [2.45, 2.75) is 25.1 Å². The number of carbonyl (C=O) groups is 2. The lowest BCUT2D eigenvalue weighted by atomic mass is 9.90. The Morgan fingerprint density at radius 1 is 1.11 bits per heavy atom. The minimum atomic E-state index is -0.263. The summed E-state index contributed by atoms with van der Waals surface area (Å²) in [6.45, 7) is 2.26. The lowest BCUT2D eigenvalue weighted by Crippen LogP contribution is -2.60. The van der Waals surface area contributed by atoms with E-state index in [2.05, 4.69) is 9.97 Å². The summed E-state index contributed by atoms with van der Waals surface area (Å²) in [7, 11) is 0. The average molecular weight is 544 g/mol. The summed E-state index contributed by atoms with van der Waals surface area (Å²) in [5.74, 6) is 1.63. The van der Waals surface area contributed by atoms with Crippen LogP contribution >= 0.6 is 23.1 Å². The zero-order chi connectivity index (χ0) is 26.2. The summed E-state index contributed by atoms with van der Waals surface area (Å²) in [6.07, 6.45) is 0.678. The van der Waals surface area contributed by atoms with Crippen LogP contribution in [0.2, 0.25) is 0 Å². The van der Waals surface area contributed by atoms with Crippen molar-refractivity contribution in [2.75, 3.05) is 12.4 Å². The van der Waals surface area contributed by atoms with Crippen molar-refractivity contribution in [3.63, 3.8) is 0 Å². The summed E-state index contributed by atoms with van der Waals surface area (Å²) in [6, 6.07) is 18.6. The number of aromatic nitrogens is 2. The van der Waals surface area contributed by atoms with Crippen molar-refractivity contribution in [1.82, 2.24) is 14.9 Å². The Balaban J connectivity index is 1.16. The van der Waals surface area contributed by atoms with Gasteiger partial charge in [-0.3, -0.25) is 14.4 Å². The number of β-lactam (4-membered cyclic amide) rings is 1. The molecule has 0 aliphatic carbocycles. The molecule has 0 spiro atoms. The molecule has 4 heterocycles. The van der Waals surface area contributed by atoms with Crippen LogP contribution in [0.3, 0.4) is 0 Å². The fourth-order valence-corrected chi connectivity index (χ4v) is 7.21. The number of amides is 1. The Labute approximate surface area is 227 Å². The highest BCUT2D eigenvalue weighted by Gasteiger charge is 2.51. The van der Waals surface area contributed by atoms with Crippen LogP contribution in [-0.2, 0) is 16.0 Å². The molecule has 2 atom stereocenters. The zero-order valence-electron chi connectivity index (χ0n) is 20.7. The number of Topliss-reactive ketones (excluding diaryl/α,β-unsaturated/α-hetero) is 1. The van der Waals surface area contributed by atoms with Gasteiger partial charge in [-0.25, -0.2) is 4.98 Å². The van der Waals surface area contributed by atoms with E-state index in [0.29, 0.717) is 41.1 Å². The molecule has 38 heavy (non-hydrogen) atoms. The molecule has 1 saturated heterocycles. The highest BCUT2D eigenvalue weighted by atomic mass is 32.2. The minimum Gasteiger partial charge on any atom is -0.488 e. The number of allylic oxidation sites excluding steroid dienone is 1. The second-order valence-electron chi connectivity index (χ2n) is 9.42. The maximum Gasteiger partial charge on any atom is 0.259 e. The number of hydrogen-bond donors (Lipinski definition) is 1. The van der Waals surface area contributed by atoms with E-state index in [1.807, 2.05) is 71.8 Å². The lowest BCUT2D eigenvalue weighted by molar-refractivity contribution is -0.149. The first-order valence-corrected chi connectivity index (χ1v) is 14.3. The molecule has 6 rings (SSSR count). The number of nitrogens with one attached hydrogen (secondary N) is 1. The second kappa shape index (κ2) is 10.2. The van der Waals surface area contributed by atoms with Gasteiger partial charge in [0.15, 0.2) is 0 Å². The normalized spacial score (nSPS) is 18.9. The van der Waals surface area contributed by atoms with Gasteiger partial charge in [-0.15, -0.1) is 23.1 Å². The molecule has 7 nitrogen and oxygen atoms in total. The van der Waals surface area contributed by atoms with Crippen LogP contribution in [0.5, 0.6) is 5.75 Å². The maximum atomic E-state index is 13.0. The van der Waals surface area contributed by atoms with Crippen LogP contribution in [-0.4, -0.2) is 44.3 Å². The van der Waals surface area contributed by atoms with Gasteiger partial charge < -0.3 is 14.6 Å². The van der Waals surface area contributed by atoms with Crippen LogP contribution in [0.4, 0.5) is 0 Å². The topological polar surface area (TPSA) is 92.4 Å². The quantitative estimate of drug-likeness (QED) is 0.313. The monoisotopic (exact) mass is 543 g/mol. The van der Waals surface area contributed by atoms with Crippen molar-refractivity contribution >= 4 is 45.7 Å². The van der Waals surface area contributed by atoms with Gasteiger partial charge in [-0.05, 0) is 48.2 Å². The van der Waals surface area contributed by atoms with Crippen LogP contribution < -0.4 is 10.3 Å². The van der Waals surface area contributed by atoms with Crippen molar-refractivity contribution in [2.24, 2.45) is 5.92 Å². The summed E-state index contributed by atoms with van der Waals surface area (Å²) < 4.78 is 6.22. The van der Waals surface area contributed by atoms with Crippen LogP contribution in [0, 0.1) is 5.92 Å². The molecule has 2 aromatic carbocycles. The first-order valence-electron chi connectivity index (χ1n) is 12.4. The number of fused-ring (bicyclic) bond motifs is 2. The van der Waals surface area contributed by atoms with Crippen molar-refractivity contribution in [3.8, 4) is 17.1 Å². The molecule has 2 aliphatic rings. The van der Waals surface area contributed by atoms with E-state index in [1.54, 1.807) is 29.2 Å². The third-order valence-electron chi connectivity index (χ3n) is 7.01. The molecule has 4 aromatic rings. The van der Waals surface area contributed by atoms with E-state index in [1.165, 1.54) is 0 Å². The Hall–Kier alpha value is -3.69. The number of ether oxygens (including phenoxy) is 1. The van der Waals surface area contributed by atoms with Crippen LogP contribution in [0.25, 0.3) is 22.3 Å². The molecule has 0 saturated carbocycles. The summed E-state index contributed by atoms with van der Waals surface area (Å²) >= 11 is 3.25. The second-order valence-corrected chi connectivity index (χ2v) is 11.6. The van der Waals surface area contributed by atoms with Gasteiger partial charge in [0, 0.05) is 29.2 Å². The van der Waals surface area contributed by atoms with E-state index in [4.69, 9.17) is 4.74 Å². The first kappa shape index (κ1) is 24.6. The molecule has 192 valence electrons. The van der Waals surface area contributed by atoms with Gasteiger partial charge in [-0.2, -0.15) is 0 Å². The Morgan fingerprint density at radius 3 is 2.76 bits per heavy atom. The number of hydrogen-bond acceptors (Lipinski definition) is 7. The SMILES string of the molecule is CC1=C(COc2ccccc2-c2nc3ccccc3c(=O)[nH]2)CSC2C(CC(=O)Cc3cccs3)C(=O)N12. The molecule has 0 radical (unpaired) electrons. The van der Waals surface area contributed by atoms with Gasteiger partial charge in [-0.1, -0.05) is 30.3 Å². The maximum absolute atomic E-state index is 13.0. The van der Waals surface area contributed by atoms with Gasteiger partial charge in [0.2, 0.25) is 5.91 Å². The molecule has 9 heteroatoms. The number of aromatic amines is 1. The standard InChI is InChI=1S/C29H25N3O4S2/c1-17-18(16-38-29-23(28(35)32(17)29)14-19(33)13-20-7-6-12-37-20)15-36-25-11-5-3-9-22(25)26-30-24-10-4-2-8-21(24)27(34)31-26/h2-12,23,29H,13-16H2,1H3,(H,30,31,34). The van der Waals surface area contributed by atoms with E-state index < -0.39 is 0 Å². The number of thioether (sulfide) groups is 1. The molecule has 2 unspecified atom stereocenters. The summed E-state index contributed by atoms with van der Waals surface area (Å²) in [4.78, 5) is 48.5. The predicted octanol–water partition coefficient (Wildman–Crippen LogP) is 5.04. The number of nitrogens with zero attached hydrogens (tertiary/aromatic N) is 2. The first-order chi connectivity index (χ1) is 18.5. The van der Waals surface area contributed by atoms with E-state index in [-0.39, 0.29) is 35.0 Å². The predicted molar refractivity (Wildman–Crippen MR) is 150 cm³/mol. The zero-order valence-corrected chi connectivity index (χ0v) is 22.3. The molecule has 0 bridgehead atoms. The van der Waals surface area contributed by atoms with Gasteiger partial charge in [0.05, 0.1) is 27.8 Å². The Kier molecular flexibility index (Phi) is 6.63. The molecule has 1 N–H and O–H groups in total. The average Bonchev–Trinajstić information content (AvgIpc) is 3.44. The smallest absolute Gasteiger partial charge is 0.259 e. The summed E-state index contributed by atoms with van der Waals surface area (Å²) in [5.41, 5.74) is 3.04. The van der Waals surface area contributed by atoms with E-state index >= 15 is 0 Å². The molecular formula is C29H25N3O4S2. The number of carbonyl (C=O) groups excluding carboxylic acids is 2. The van der Waals surface area contributed by atoms with Gasteiger partial charge in [0.25, 0.3) is 5.56 Å². The third kappa shape index (κ3) is 4.56. The lowest BCUT2D eigenvalue weighted by Gasteiger charge is -2.50. The molecule has 1 amide bonds. The van der Waals surface area contributed by atoms with Crippen molar-refractivity contribution in [3.05, 3.63) is 92.5 Å². The van der Waals surface area contributed by atoms with E-state index in [9.17, 15) is 14.4 Å². The largest absolute Gasteiger partial charge is 0.488 e. The van der Waals surface area contributed by atoms with Gasteiger partial charge in [0.1, 0.15) is 24.0 Å².